The number of hydrogen-bond donors (Lipinski definition) is 0. The summed E-state index contributed by atoms with van der Waals surface area (Å²) in [5.41, 5.74) is 3.32. The molecule has 4 rings (SSSR count). The van der Waals surface area contributed by atoms with Gasteiger partial charge in [-0.25, -0.2) is 4.68 Å². The van der Waals surface area contributed by atoms with Gasteiger partial charge in [0, 0.05) is 23.4 Å². The Hall–Kier alpha value is -3.80. The van der Waals surface area contributed by atoms with Crippen LogP contribution in [0.4, 0.5) is 5.69 Å². The van der Waals surface area contributed by atoms with E-state index in [1.54, 1.807) is 9.58 Å². The summed E-state index contributed by atoms with van der Waals surface area (Å²) < 4.78 is 1.71. The third kappa shape index (κ3) is 4.06. The third-order valence-corrected chi connectivity index (χ3v) is 4.70. The maximum atomic E-state index is 13.5. The Morgan fingerprint density at radius 2 is 1.66 bits per heavy atom. The van der Waals surface area contributed by atoms with Gasteiger partial charge in [0.25, 0.3) is 5.91 Å². The highest BCUT2D eigenvalue weighted by Crippen LogP contribution is 2.23. The molecule has 1 amide bonds. The minimum absolute atomic E-state index is 0.0718. The van der Waals surface area contributed by atoms with Crippen molar-refractivity contribution in [1.82, 2.24) is 20.2 Å². The van der Waals surface area contributed by atoms with E-state index in [9.17, 15) is 4.79 Å². The molecule has 4 aromatic rings. The first kappa shape index (κ1) is 18.6. The van der Waals surface area contributed by atoms with Crippen LogP contribution in [0.25, 0.3) is 11.4 Å². The van der Waals surface area contributed by atoms with Crippen molar-refractivity contribution in [3.8, 4) is 11.4 Å². The van der Waals surface area contributed by atoms with Gasteiger partial charge in [0.1, 0.15) is 0 Å². The van der Waals surface area contributed by atoms with Gasteiger partial charge in [-0.2, -0.15) is 0 Å². The number of amides is 1. The number of rotatable bonds is 6. The number of carbonyl (C=O) groups is 1. The van der Waals surface area contributed by atoms with Gasteiger partial charge < -0.3 is 4.90 Å². The van der Waals surface area contributed by atoms with Crippen molar-refractivity contribution in [2.24, 2.45) is 0 Å². The molecule has 0 spiro atoms. The predicted molar refractivity (Wildman–Crippen MR) is 112 cm³/mol. The van der Waals surface area contributed by atoms with Crippen LogP contribution in [0.15, 0.2) is 84.9 Å². The van der Waals surface area contributed by atoms with Crippen molar-refractivity contribution in [1.29, 1.82) is 0 Å². The van der Waals surface area contributed by atoms with Crippen molar-refractivity contribution in [3.63, 3.8) is 0 Å². The standard InChI is InChI=1S/C23H21N5O/c1-2-28-22(24-25-26-28)19-12-9-13-20(16-19)23(29)27(21-14-7-4-8-15-21)17-18-10-5-3-6-11-18/h3-16H,2,17H2,1H3. The maximum Gasteiger partial charge on any atom is 0.258 e. The first-order valence-electron chi connectivity index (χ1n) is 9.53. The minimum atomic E-state index is -0.0718. The fourth-order valence-corrected chi connectivity index (χ4v) is 3.23. The maximum absolute atomic E-state index is 13.5. The molecule has 1 aromatic heterocycles. The normalized spacial score (nSPS) is 10.7. The second-order valence-electron chi connectivity index (χ2n) is 6.61. The van der Waals surface area contributed by atoms with Crippen LogP contribution in [0.3, 0.4) is 0 Å². The first-order valence-corrected chi connectivity index (χ1v) is 9.53. The smallest absolute Gasteiger partial charge is 0.258 e. The molecule has 0 fully saturated rings. The molecule has 0 bridgehead atoms. The Kier molecular flexibility index (Phi) is 5.42. The molecule has 6 heteroatoms. The Labute approximate surface area is 169 Å². The summed E-state index contributed by atoms with van der Waals surface area (Å²) in [6.45, 7) is 3.12. The van der Waals surface area contributed by atoms with Crippen molar-refractivity contribution < 1.29 is 4.79 Å². The van der Waals surface area contributed by atoms with Crippen LogP contribution in [0.2, 0.25) is 0 Å². The average molecular weight is 383 g/mol. The third-order valence-electron chi connectivity index (χ3n) is 4.70. The molecule has 3 aromatic carbocycles. The highest BCUT2D eigenvalue weighted by Gasteiger charge is 2.19. The van der Waals surface area contributed by atoms with Crippen molar-refractivity contribution in [2.75, 3.05) is 4.90 Å². The number of nitrogens with zero attached hydrogens (tertiary/aromatic N) is 5. The fourth-order valence-electron chi connectivity index (χ4n) is 3.23. The lowest BCUT2D eigenvalue weighted by molar-refractivity contribution is 0.0985. The van der Waals surface area contributed by atoms with Crippen molar-refractivity contribution in [2.45, 2.75) is 20.0 Å². The summed E-state index contributed by atoms with van der Waals surface area (Å²) in [7, 11) is 0. The topological polar surface area (TPSA) is 63.9 Å². The highest BCUT2D eigenvalue weighted by atomic mass is 16.2. The van der Waals surface area contributed by atoms with Crippen LogP contribution < -0.4 is 4.90 Å². The van der Waals surface area contributed by atoms with E-state index in [-0.39, 0.29) is 5.91 Å². The molecule has 0 aliphatic rings. The van der Waals surface area contributed by atoms with E-state index in [1.165, 1.54) is 0 Å². The van der Waals surface area contributed by atoms with Gasteiger partial charge in [-0.05, 0) is 47.2 Å². The Bertz CT molecular complexity index is 1090. The molecule has 0 saturated carbocycles. The zero-order valence-corrected chi connectivity index (χ0v) is 16.1. The van der Waals surface area contributed by atoms with Gasteiger partial charge in [0.05, 0.1) is 6.54 Å². The van der Waals surface area contributed by atoms with Gasteiger partial charge in [0.15, 0.2) is 5.82 Å². The molecule has 0 unspecified atom stereocenters. The molecule has 0 aliphatic heterocycles. The van der Waals surface area contributed by atoms with Crippen LogP contribution in [0, 0.1) is 0 Å². The quantitative estimate of drug-likeness (QED) is 0.500. The second-order valence-corrected chi connectivity index (χ2v) is 6.61. The molecule has 0 atom stereocenters. The van der Waals surface area contributed by atoms with Gasteiger partial charge in [0.2, 0.25) is 0 Å². The lowest BCUT2D eigenvalue weighted by atomic mass is 10.1. The molecule has 6 nitrogen and oxygen atoms in total. The zero-order chi connectivity index (χ0) is 20.1. The Morgan fingerprint density at radius 3 is 2.38 bits per heavy atom. The summed E-state index contributed by atoms with van der Waals surface area (Å²) in [5, 5.41) is 11.8. The van der Waals surface area contributed by atoms with Crippen LogP contribution in [0.1, 0.15) is 22.8 Å². The summed E-state index contributed by atoms with van der Waals surface area (Å²) in [6.07, 6.45) is 0. The van der Waals surface area contributed by atoms with E-state index in [0.29, 0.717) is 24.5 Å². The minimum Gasteiger partial charge on any atom is -0.304 e. The van der Waals surface area contributed by atoms with E-state index >= 15 is 0 Å². The Morgan fingerprint density at radius 1 is 0.931 bits per heavy atom. The van der Waals surface area contributed by atoms with Crippen LogP contribution in [0.5, 0.6) is 0 Å². The van der Waals surface area contributed by atoms with Crippen molar-refractivity contribution in [3.05, 3.63) is 96.1 Å². The SMILES string of the molecule is CCn1nnnc1-c1cccc(C(=O)N(Cc2ccccc2)c2ccccc2)c1. The van der Waals surface area contributed by atoms with E-state index in [2.05, 4.69) is 15.5 Å². The van der Waals surface area contributed by atoms with E-state index in [1.807, 2.05) is 91.9 Å². The van der Waals surface area contributed by atoms with Crippen molar-refractivity contribution >= 4 is 11.6 Å². The van der Waals surface area contributed by atoms with E-state index in [4.69, 9.17) is 0 Å². The molecular weight excluding hydrogens is 362 g/mol. The zero-order valence-electron chi connectivity index (χ0n) is 16.1. The molecule has 0 radical (unpaired) electrons. The van der Waals surface area contributed by atoms with Gasteiger partial charge >= 0.3 is 0 Å². The number of anilines is 1. The molecule has 144 valence electrons. The monoisotopic (exact) mass is 383 g/mol. The fraction of sp³-hybridized carbons (Fsp3) is 0.130. The van der Waals surface area contributed by atoms with Gasteiger partial charge in [-0.3, -0.25) is 4.79 Å². The number of hydrogen-bond acceptors (Lipinski definition) is 4. The molecule has 1 heterocycles. The van der Waals surface area contributed by atoms with Crippen LogP contribution in [-0.2, 0) is 13.1 Å². The summed E-state index contributed by atoms with van der Waals surface area (Å²) in [6, 6.07) is 27.1. The number of benzene rings is 3. The van der Waals surface area contributed by atoms with E-state index in [0.717, 1.165) is 16.8 Å². The Balaban J connectivity index is 1.70. The summed E-state index contributed by atoms with van der Waals surface area (Å²) in [5.74, 6) is 0.578. The second kappa shape index (κ2) is 8.48. The molecule has 0 aliphatic carbocycles. The molecular formula is C23H21N5O. The molecule has 0 saturated heterocycles. The van der Waals surface area contributed by atoms with Gasteiger partial charge in [-0.15, -0.1) is 5.10 Å². The number of para-hydroxylation sites is 1. The number of aromatic nitrogens is 4. The predicted octanol–water partition coefficient (Wildman–Crippen LogP) is 4.21. The van der Waals surface area contributed by atoms with Crippen LogP contribution >= 0.6 is 0 Å². The van der Waals surface area contributed by atoms with Gasteiger partial charge in [-0.1, -0.05) is 60.7 Å². The molecule has 29 heavy (non-hydrogen) atoms. The number of carbonyl (C=O) groups excluding carboxylic acids is 1. The summed E-state index contributed by atoms with van der Waals surface area (Å²) in [4.78, 5) is 15.3. The van der Waals surface area contributed by atoms with Crippen LogP contribution in [-0.4, -0.2) is 26.1 Å². The number of aryl methyl sites for hydroxylation is 1. The lowest BCUT2D eigenvalue weighted by Gasteiger charge is -2.23. The lowest BCUT2D eigenvalue weighted by Crippen LogP contribution is -2.30. The largest absolute Gasteiger partial charge is 0.304 e. The molecule has 0 N–H and O–H groups in total. The highest BCUT2D eigenvalue weighted by molar-refractivity contribution is 6.06. The number of tetrazole rings is 1. The van der Waals surface area contributed by atoms with E-state index < -0.39 is 0 Å². The first-order chi connectivity index (χ1) is 14.3. The summed E-state index contributed by atoms with van der Waals surface area (Å²) >= 11 is 0. The average Bonchev–Trinajstić information content (AvgIpc) is 3.27.